The quantitative estimate of drug-likeness (QED) is 0.902. The van der Waals surface area contributed by atoms with Crippen molar-refractivity contribution in [3.8, 4) is 0 Å². The van der Waals surface area contributed by atoms with E-state index in [0.717, 1.165) is 24.4 Å². The van der Waals surface area contributed by atoms with Gasteiger partial charge < -0.3 is 5.32 Å². The van der Waals surface area contributed by atoms with Gasteiger partial charge in [0.25, 0.3) is 0 Å². The number of hydrogen-bond acceptors (Lipinski definition) is 2. The van der Waals surface area contributed by atoms with Crippen LogP contribution in [0.1, 0.15) is 36.8 Å². The smallest absolute Gasteiger partial charge is 0.142 e. The molecule has 0 fully saturated rings. The molecule has 0 aliphatic rings. The Kier molecular flexibility index (Phi) is 4.94. The maximum absolute atomic E-state index is 14.4. The zero-order chi connectivity index (χ0) is 14.7. The van der Waals surface area contributed by atoms with Gasteiger partial charge in [0.15, 0.2) is 0 Å². The molecule has 0 aliphatic carbocycles. The summed E-state index contributed by atoms with van der Waals surface area (Å²) in [5.74, 6) is -0.224. The molecule has 0 saturated heterocycles. The van der Waals surface area contributed by atoms with Crippen LogP contribution in [0, 0.1) is 5.82 Å². The summed E-state index contributed by atoms with van der Waals surface area (Å²) in [6, 6.07) is 7.21. The first-order chi connectivity index (χ1) is 9.58. The molecule has 1 aromatic heterocycles. The van der Waals surface area contributed by atoms with Crippen LogP contribution in [0.15, 0.2) is 28.7 Å². The second-order valence-electron chi connectivity index (χ2n) is 4.67. The monoisotopic (exact) mass is 339 g/mol. The number of nitrogens with zero attached hydrogens (tertiary/aromatic N) is 2. The van der Waals surface area contributed by atoms with Crippen molar-refractivity contribution in [1.29, 1.82) is 0 Å². The summed E-state index contributed by atoms with van der Waals surface area (Å²) in [6.07, 6.45) is 0.869. The first-order valence-electron chi connectivity index (χ1n) is 6.78. The Hall–Kier alpha value is -1.20. The van der Waals surface area contributed by atoms with Crippen molar-refractivity contribution in [2.24, 2.45) is 7.05 Å². The minimum atomic E-state index is -0.224. The van der Waals surface area contributed by atoms with Gasteiger partial charge in [0.05, 0.1) is 21.9 Å². The second kappa shape index (κ2) is 6.50. The van der Waals surface area contributed by atoms with Crippen LogP contribution in [-0.4, -0.2) is 16.3 Å². The lowest BCUT2D eigenvalue weighted by Gasteiger charge is -2.19. The molecule has 1 heterocycles. The highest BCUT2D eigenvalue weighted by atomic mass is 79.9. The Labute approximate surface area is 127 Å². The molecule has 3 nitrogen and oxygen atoms in total. The highest BCUT2D eigenvalue weighted by Crippen LogP contribution is 2.28. The second-order valence-corrected chi connectivity index (χ2v) is 5.53. The van der Waals surface area contributed by atoms with Crippen LogP contribution in [0.4, 0.5) is 4.39 Å². The molecule has 20 heavy (non-hydrogen) atoms. The Morgan fingerprint density at radius 2 is 2.15 bits per heavy atom. The van der Waals surface area contributed by atoms with E-state index in [1.165, 1.54) is 0 Å². The minimum Gasteiger partial charge on any atom is -0.305 e. The number of hydrogen-bond donors (Lipinski definition) is 1. The Morgan fingerprint density at radius 3 is 2.75 bits per heavy atom. The van der Waals surface area contributed by atoms with Crippen LogP contribution < -0.4 is 5.32 Å². The van der Waals surface area contributed by atoms with Gasteiger partial charge in [-0.3, -0.25) is 4.68 Å². The standard InChI is InChI=1S/C15H19BrFN3/c1-4-10-9-13(20(3)19-10)15(18-5-2)11-7-6-8-12(16)14(11)17/h6-9,15,18H,4-5H2,1-3H3. The number of rotatable bonds is 5. The van der Waals surface area contributed by atoms with E-state index >= 15 is 0 Å². The zero-order valence-corrected chi connectivity index (χ0v) is 13.5. The average molecular weight is 340 g/mol. The lowest BCUT2D eigenvalue weighted by Crippen LogP contribution is -2.25. The molecule has 0 spiro atoms. The molecular formula is C15H19BrFN3. The number of aromatic nitrogens is 2. The van der Waals surface area contributed by atoms with E-state index in [-0.39, 0.29) is 11.9 Å². The molecule has 0 amide bonds. The number of halogens is 2. The molecule has 2 aromatic rings. The normalized spacial score (nSPS) is 12.7. The van der Waals surface area contributed by atoms with Gasteiger partial charge >= 0.3 is 0 Å². The van der Waals surface area contributed by atoms with Crippen molar-refractivity contribution in [1.82, 2.24) is 15.1 Å². The summed E-state index contributed by atoms with van der Waals surface area (Å²) in [5, 5.41) is 7.79. The number of aryl methyl sites for hydroxylation is 2. The topological polar surface area (TPSA) is 29.9 Å². The molecule has 1 atom stereocenters. The molecule has 0 saturated carbocycles. The summed E-state index contributed by atoms with van der Waals surface area (Å²) in [4.78, 5) is 0. The van der Waals surface area contributed by atoms with Crippen molar-refractivity contribution in [2.45, 2.75) is 26.3 Å². The summed E-state index contributed by atoms with van der Waals surface area (Å²) in [7, 11) is 1.90. The molecule has 2 rings (SSSR count). The fourth-order valence-corrected chi connectivity index (χ4v) is 2.69. The molecule has 1 N–H and O–H groups in total. The van der Waals surface area contributed by atoms with Crippen molar-refractivity contribution >= 4 is 15.9 Å². The van der Waals surface area contributed by atoms with Gasteiger partial charge in [-0.15, -0.1) is 0 Å². The molecular weight excluding hydrogens is 321 g/mol. The number of nitrogens with one attached hydrogen (secondary N) is 1. The van der Waals surface area contributed by atoms with E-state index in [9.17, 15) is 4.39 Å². The van der Waals surface area contributed by atoms with Gasteiger partial charge in [0.2, 0.25) is 0 Å². The third kappa shape index (κ3) is 2.94. The van der Waals surface area contributed by atoms with Gasteiger partial charge in [-0.1, -0.05) is 26.0 Å². The molecule has 0 radical (unpaired) electrons. The largest absolute Gasteiger partial charge is 0.305 e. The predicted octanol–water partition coefficient (Wildman–Crippen LogP) is 3.58. The van der Waals surface area contributed by atoms with E-state index in [1.54, 1.807) is 6.07 Å². The predicted molar refractivity (Wildman–Crippen MR) is 82.2 cm³/mol. The van der Waals surface area contributed by atoms with Crippen LogP contribution >= 0.6 is 15.9 Å². The fourth-order valence-electron chi connectivity index (χ4n) is 2.31. The molecule has 108 valence electrons. The van der Waals surface area contributed by atoms with Gasteiger partial charge in [-0.25, -0.2) is 4.39 Å². The van der Waals surface area contributed by atoms with E-state index < -0.39 is 0 Å². The van der Waals surface area contributed by atoms with Gasteiger partial charge in [-0.05, 0) is 41.0 Å². The third-order valence-corrected chi connectivity index (χ3v) is 3.94. The summed E-state index contributed by atoms with van der Waals surface area (Å²) < 4.78 is 16.7. The maximum atomic E-state index is 14.4. The molecule has 5 heteroatoms. The Balaban J connectivity index is 2.50. The summed E-state index contributed by atoms with van der Waals surface area (Å²) in [6.45, 7) is 4.83. The molecule has 1 unspecified atom stereocenters. The molecule has 0 bridgehead atoms. The first-order valence-corrected chi connectivity index (χ1v) is 7.57. The maximum Gasteiger partial charge on any atom is 0.142 e. The molecule has 0 aliphatic heterocycles. The highest BCUT2D eigenvalue weighted by Gasteiger charge is 2.21. The van der Waals surface area contributed by atoms with Crippen LogP contribution in [0.3, 0.4) is 0 Å². The number of benzene rings is 1. The highest BCUT2D eigenvalue weighted by molar-refractivity contribution is 9.10. The summed E-state index contributed by atoms with van der Waals surface area (Å²) >= 11 is 3.25. The van der Waals surface area contributed by atoms with E-state index in [4.69, 9.17) is 0 Å². The Bertz CT molecular complexity index is 595. The Morgan fingerprint density at radius 1 is 1.40 bits per heavy atom. The molecule has 1 aromatic carbocycles. The van der Waals surface area contributed by atoms with Crippen molar-refractivity contribution < 1.29 is 4.39 Å². The van der Waals surface area contributed by atoms with E-state index in [2.05, 4.69) is 33.3 Å². The SMILES string of the molecule is CCNC(c1cccc(Br)c1F)c1cc(CC)nn1C. The van der Waals surface area contributed by atoms with Gasteiger partial charge in [0, 0.05) is 12.6 Å². The average Bonchev–Trinajstić information content (AvgIpc) is 2.81. The lowest BCUT2D eigenvalue weighted by molar-refractivity contribution is 0.529. The van der Waals surface area contributed by atoms with Crippen molar-refractivity contribution in [3.63, 3.8) is 0 Å². The van der Waals surface area contributed by atoms with Crippen molar-refractivity contribution in [3.05, 3.63) is 51.5 Å². The van der Waals surface area contributed by atoms with E-state index in [0.29, 0.717) is 10.0 Å². The van der Waals surface area contributed by atoms with Crippen LogP contribution in [-0.2, 0) is 13.5 Å². The minimum absolute atomic E-state index is 0.199. The van der Waals surface area contributed by atoms with Crippen molar-refractivity contribution in [2.75, 3.05) is 6.54 Å². The van der Waals surface area contributed by atoms with Crippen LogP contribution in [0.2, 0.25) is 0 Å². The fraction of sp³-hybridized carbons (Fsp3) is 0.400. The first kappa shape index (κ1) is 15.2. The summed E-state index contributed by atoms with van der Waals surface area (Å²) in [5.41, 5.74) is 2.62. The van der Waals surface area contributed by atoms with Gasteiger partial charge in [-0.2, -0.15) is 5.10 Å². The van der Waals surface area contributed by atoms with Gasteiger partial charge in [0.1, 0.15) is 5.82 Å². The zero-order valence-electron chi connectivity index (χ0n) is 12.0. The van der Waals surface area contributed by atoms with E-state index in [1.807, 2.05) is 36.9 Å². The third-order valence-electron chi connectivity index (χ3n) is 3.33. The van der Waals surface area contributed by atoms with Crippen LogP contribution in [0.5, 0.6) is 0 Å². The van der Waals surface area contributed by atoms with Crippen LogP contribution in [0.25, 0.3) is 0 Å². The lowest BCUT2D eigenvalue weighted by atomic mass is 10.0.